The first-order valence-electron chi connectivity index (χ1n) is 10.6. The van der Waals surface area contributed by atoms with Gasteiger partial charge in [0.2, 0.25) is 5.91 Å². The Labute approximate surface area is 197 Å². The van der Waals surface area contributed by atoms with Crippen LogP contribution in [0.5, 0.6) is 5.75 Å². The molecule has 0 aliphatic carbocycles. The van der Waals surface area contributed by atoms with Gasteiger partial charge in [-0.3, -0.25) is 9.59 Å². The van der Waals surface area contributed by atoms with E-state index in [1.54, 1.807) is 12.1 Å². The van der Waals surface area contributed by atoms with Gasteiger partial charge in [-0.25, -0.2) is 0 Å². The van der Waals surface area contributed by atoms with Crippen LogP contribution in [0.25, 0.3) is 10.8 Å². The summed E-state index contributed by atoms with van der Waals surface area (Å²) >= 11 is 1.46. The Kier molecular flexibility index (Phi) is 7.27. The van der Waals surface area contributed by atoms with E-state index in [2.05, 4.69) is 10.6 Å². The zero-order chi connectivity index (χ0) is 23.0. The molecule has 0 aliphatic rings. The van der Waals surface area contributed by atoms with Crippen LogP contribution in [-0.4, -0.2) is 23.7 Å². The molecule has 0 saturated carbocycles. The van der Waals surface area contributed by atoms with Crippen molar-refractivity contribution in [1.82, 2.24) is 0 Å². The summed E-state index contributed by atoms with van der Waals surface area (Å²) in [6, 6.07) is 30.5. The van der Waals surface area contributed by atoms with Gasteiger partial charge in [-0.05, 0) is 54.8 Å². The summed E-state index contributed by atoms with van der Waals surface area (Å²) in [6.07, 6.45) is 0. The number of nitrogens with one attached hydrogen (secondary N) is 2. The van der Waals surface area contributed by atoms with Crippen LogP contribution in [0.1, 0.15) is 6.92 Å². The van der Waals surface area contributed by atoms with Crippen LogP contribution in [0.15, 0.2) is 102 Å². The molecule has 166 valence electrons. The normalized spacial score (nSPS) is 11.5. The van der Waals surface area contributed by atoms with Gasteiger partial charge < -0.3 is 15.4 Å². The second kappa shape index (κ2) is 10.7. The van der Waals surface area contributed by atoms with Crippen molar-refractivity contribution in [2.75, 3.05) is 17.2 Å². The fourth-order valence-corrected chi connectivity index (χ4v) is 4.17. The molecule has 0 aromatic heterocycles. The minimum absolute atomic E-state index is 0.0632. The molecule has 0 bridgehead atoms. The molecule has 4 aromatic carbocycles. The van der Waals surface area contributed by atoms with Gasteiger partial charge in [-0.2, -0.15) is 0 Å². The first-order chi connectivity index (χ1) is 16.1. The van der Waals surface area contributed by atoms with Crippen molar-refractivity contribution in [2.24, 2.45) is 0 Å². The molecule has 0 aliphatic heterocycles. The van der Waals surface area contributed by atoms with Gasteiger partial charge in [0.05, 0.1) is 5.25 Å². The van der Waals surface area contributed by atoms with E-state index in [1.165, 1.54) is 11.8 Å². The Balaban J connectivity index is 1.29. The number of hydrogen-bond acceptors (Lipinski definition) is 4. The Morgan fingerprint density at radius 3 is 2.30 bits per heavy atom. The molecular formula is C27H24N2O3S. The summed E-state index contributed by atoms with van der Waals surface area (Å²) in [5.74, 6) is 0.351. The maximum absolute atomic E-state index is 12.8. The second-order valence-electron chi connectivity index (χ2n) is 7.45. The summed E-state index contributed by atoms with van der Waals surface area (Å²) in [7, 11) is 0. The van der Waals surface area contributed by atoms with E-state index in [1.807, 2.05) is 91.9 Å². The molecule has 0 spiro atoms. The largest absolute Gasteiger partial charge is 0.484 e. The lowest BCUT2D eigenvalue weighted by Gasteiger charge is -2.14. The quantitative estimate of drug-likeness (QED) is 0.320. The molecular weight excluding hydrogens is 432 g/mol. The van der Waals surface area contributed by atoms with E-state index in [4.69, 9.17) is 4.74 Å². The average Bonchev–Trinajstić information content (AvgIpc) is 2.85. The van der Waals surface area contributed by atoms with E-state index in [9.17, 15) is 9.59 Å². The molecule has 0 radical (unpaired) electrons. The number of benzene rings is 4. The lowest BCUT2D eigenvalue weighted by Crippen LogP contribution is -2.22. The lowest BCUT2D eigenvalue weighted by atomic mass is 10.1. The van der Waals surface area contributed by atoms with Crippen molar-refractivity contribution in [3.63, 3.8) is 0 Å². The monoisotopic (exact) mass is 456 g/mol. The van der Waals surface area contributed by atoms with Gasteiger partial charge in [0.25, 0.3) is 5.91 Å². The molecule has 1 atom stereocenters. The van der Waals surface area contributed by atoms with Crippen LogP contribution in [-0.2, 0) is 9.59 Å². The van der Waals surface area contributed by atoms with Gasteiger partial charge in [0.1, 0.15) is 5.75 Å². The number of ether oxygens (including phenoxy) is 1. The third-order valence-corrected chi connectivity index (χ3v) is 6.09. The fraction of sp³-hybridized carbons (Fsp3) is 0.111. The number of carbonyl (C=O) groups excluding carboxylic acids is 2. The zero-order valence-corrected chi connectivity index (χ0v) is 19.0. The molecule has 6 heteroatoms. The number of hydrogen-bond donors (Lipinski definition) is 2. The highest BCUT2D eigenvalue weighted by Crippen LogP contribution is 2.27. The van der Waals surface area contributed by atoms with Crippen molar-refractivity contribution in [1.29, 1.82) is 0 Å². The van der Waals surface area contributed by atoms with Crippen LogP contribution < -0.4 is 15.4 Å². The Bertz CT molecular complexity index is 1240. The molecule has 2 amide bonds. The molecule has 0 heterocycles. The van der Waals surface area contributed by atoms with E-state index in [0.717, 1.165) is 21.4 Å². The van der Waals surface area contributed by atoms with Crippen molar-refractivity contribution in [2.45, 2.75) is 17.1 Å². The second-order valence-corrected chi connectivity index (χ2v) is 8.86. The van der Waals surface area contributed by atoms with Gasteiger partial charge >= 0.3 is 0 Å². The molecule has 2 N–H and O–H groups in total. The first kappa shape index (κ1) is 22.4. The highest BCUT2D eigenvalue weighted by Gasteiger charge is 2.16. The number of para-hydroxylation sites is 1. The SMILES string of the molecule is CC(Sc1ccc(NC(=O)COc2ccccc2)cc1)C(=O)Nc1cccc2ccccc12. The number of carbonyl (C=O) groups is 2. The van der Waals surface area contributed by atoms with E-state index < -0.39 is 0 Å². The highest BCUT2D eigenvalue weighted by molar-refractivity contribution is 8.00. The number of rotatable bonds is 8. The van der Waals surface area contributed by atoms with Crippen LogP contribution in [0.4, 0.5) is 11.4 Å². The van der Waals surface area contributed by atoms with Gasteiger partial charge in [-0.1, -0.05) is 54.6 Å². The highest BCUT2D eigenvalue weighted by atomic mass is 32.2. The minimum Gasteiger partial charge on any atom is -0.484 e. The maximum Gasteiger partial charge on any atom is 0.262 e. The third-order valence-electron chi connectivity index (χ3n) is 4.98. The smallest absolute Gasteiger partial charge is 0.262 e. The van der Waals surface area contributed by atoms with Crippen LogP contribution >= 0.6 is 11.8 Å². The molecule has 4 aromatic rings. The lowest BCUT2D eigenvalue weighted by molar-refractivity contribution is -0.118. The number of anilines is 2. The Morgan fingerprint density at radius 1 is 0.818 bits per heavy atom. The molecule has 4 rings (SSSR count). The van der Waals surface area contributed by atoms with Crippen molar-refractivity contribution >= 4 is 45.7 Å². The summed E-state index contributed by atoms with van der Waals surface area (Å²) in [4.78, 5) is 25.8. The van der Waals surface area contributed by atoms with E-state index in [-0.39, 0.29) is 23.7 Å². The Morgan fingerprint density at radius 2 is 1.52 bits per heavy atom. The molecule has 5 nitrogen and oxygen atoms in total. The average molecular weight is 457 g/mol. The topological polar surface area (TPSA) is 67.4 Å². The van der Waals surface area contributed by atoms with E-state index in [0.29, 0.717) is 11.4 Å². The van der Waals surface area contributed by atoms with Gasteiger partial charge in [0.15, 0.2) is 6.61 Å². The minimum atomic E-state index is -0.288. The molecule has 0 saturated heterocycles. The number of amides is 2. The third kappa shape index (κ3) is 6.14. The standard InChI is InChI=1S/C27H24N2O3S/c1-19(27(31)29-25-13-7-9-20-8-5-6-12-24(20)25)33-23-16-14-21(15-17-23)28-26(30)18-32-22-10-3-2-4-11-22/h2-17,19H,18H2,1H3,(H,28,30)(H,29,31). The summed E-state index contributed by atoms with van der Waals surface area (Å²) in [5, 5.41) is 7.66. The number of fused-ring (bicyclic) bond motifs is 1. The summed E-state index contributed by atoms with van der Waals surface area (Å²) < 4.78 is 5.46. The van der Waals surface area contributed by atoms with Crippen molar-refractivity contribution in [3.8, 4) is 5.75 Å². The van der Waals surface area contributed by atoms with Crippen LogP contribution in [0.3, 0.4) is 0 Å². The summed E-state index contributed by atoms with van der Waals surface area (Å²) in [5.41, 5.74) is 1.48. The summed E-state index contributed by atoms with van der Waals surface area (Å²) in [6.45, 7) is 1.81. The van der Waals surface area contributed by atoms with Crippen molar-refractivity contribution in [3.05, 3.63) is 97.1 Å². The molecule has 0 fully saturated rings. The van der Waals surface area contributed by atoms with Crippen molar-refractivity contribution < 1.29 is 14.3 Å². The molecule has 1 unspecified atom stereocenters. The zero-order valence-electron chi connectivity index (χ0n) is 18.2. The predicted molar refractivity (Wildman–Crippen MR) is 135 cm³/mol. The predicted octanol–water partition coefficient (Wildman–Crippen LogP) is 5.98. The van der Waals surface area contributed by atoms with Crippen LogP contribution in [0, 0.1) is 0 Å². The van der Waals surface area contributed by atoms with Gasteiger partial charge in [0, 0.05) is 21.7 Å². The molecule has 33 heavy (non-hydrogen) atoms. The Hall–Kier alpha value is -3.77. The number of thioether (sulfide) groups is 1. The maximum atomic E-state index is 12.8. The van der Waals surface area contributed by atoms with Crippen LogP contribution in [0.2, 0.25) is 0 Å². The van der Waals surface area contributed by atoms with E-state index >= 15 is 0 Å². The van der Waals surface area contributed by atoms with Gasteiger partial charge in [-0.15, -0.1) is 11.8 Å². The first-order valence-corrected chi connectivity index (χ1v) is 11.5. The fourth-order valence-electron chi connectivity index (χ4n) is 3.31.